The first-order valence-corrected chi connectivity index (χ1v) is 11.2. The monoisotopic (exact) mass is 387 g/mol. The molecule has 0 bridgehead atoms. The molecule has 1 saturated heterocycles. The van der Waals surface area contributed by atoms with E-state index < -0.39 is 5.60 Å². The van der Waals surface area contributed by atoms with Crippen molar-refractivity contribution < 1.29 is 5.11 Å². The predicted molar refractivity (Wildman–Crippen MR) is 112 cm³/mol. The van der Waals surface area contributed by atoms with Crippen LogP contribution in [0.5, 0.6) is 0 Å². The van der Waals surface area contributed by atoms with E-state index in [1.165, 1.54) is 35.9 Å². The minimum atomic E-state index is -0.502. The van der Waals surface area contributed by atoms with Gasteiger partial charge in [-0.15, -0.1) is 11.3 Å². The smallest absolute Gasteiger partial charge is 0.127 e. The van der Waals surface area contributed by atoms with Gasteiger partial charge in [0.05, 0.1) is 11.3 Å². The summed E-state index contributed by atoms with van der Waals surface area (Å²) in [6, 6.07) is 2.39. The first-order chi connectivity index (χ1) is 12.7. The predicted octanol–water partition coefficient (Wildman–Crippen LogP) is 5.03. The highest BCUT2D eigenvalue weighted by Crippen LogP contribution is 2.45. The summed E-state index contributed by atoms with van der Waals surface area (Å²) in [6.07, 6.45) is 6.90. The van der Waals surface area contributed by atoms with Crippen LogP contribution < -0.4 is 0 Å². The SMILES string of the molecule is Cc1nc(CN2CCC(C)(O)CC2)c2cc(C3CCC(C)(C)CC3)sc2n1. The summed E-state index contributed by atoms with van der Waals surface area (Å²) < 4.78 is 0. The third-order valence-electron chi connectivity index (χ3n) is 6.65. The fourth-order valence-corrected chi connectivity index (χ4v) is 5.79. The zero-order valence-electron chi connectivity index (χ0n) is 17.2. The van der Waals surface area contributed by atoms with Crippen LogP contribution in [0.1, 0.15) is 81.6 Å². The molecule has 5 heteroatoms. The first kappa shape index (κ1) is 19.3. The van der Waals surface area contributed by atoms with Crippen molar-refractivity contribution in [3.05, 3.63) is 22.5 Å². The number of aryl methyl sites for hydroxylation is 1. The van der Waals surface area contributed by atoms with Gasteiger partial charge in [-0.3, -0.25) is 4.90 Å². The molecule has 0 atom stereocenters. The normalized spacial score (nSPS) is 23.7. The van der Waals surface area contributed by atoms with E-state index in [0.29, 0.717) is 11.3 Å². The van der Waals surface area contributed by atoms with E-state index in [0.717, 1.165) is 48.8 Å². The molecule has 1 saturated carbocycles. The molecule has 2 aliphatic rings. The van der Waals surface area contributed by atoms with Crippen LogP contribution in [-0.2, 0) is 6.54 Å². The Bertz CT molecular complexity index is 806. The average Bonchev–Trinajstić information content (AvgIpc) is 3.00. The Morgan fingerprint density at radius 3 is 2.44 bits per heavy atom. The molecule has 27 heavy (non-hydrogen) atoms. The van der Waals surface area contributed by atoms with Gasteiger partial charge in [0, 0.05) is 29.9 Å². The molecule has 0 unspecified atom stereocenters. The van der Waals surface area contributed by atoms with Crippen LogP contribution in [-0.4, -0.2) is 38.7 Å². The Hall–Kier alpha value is -1.04. The van der Waals surface area contributed by atoms with Crippen LogP contribution in [0.2, 0.25) is 0 Å². The Morgan fingerprint density at radius 2 is 1.78 bits per heavy atom. The quantitative estimate of drug-likeness (QED) is 0.802. The molecule has 4 nitrogen and oxygen atoms in total. The van der Waals surface area contributed by atoms with Crippen molar-refractivity contribution in [2.75, 3.05) is 13.1 Å². The van der Waals surface area contributed by atoms with Gasteiger partial charge in [-0.2, -0.15) is 0 Å². The topological polar surface area (TPSA) is 49.2 Å². The Morgan fingerprint density at radius 1 is 1.11 bits per heavy atom. The number of piperidine rings is 1. The number of hydrogen-bond acceptors (Lipinski definition) is 5. The van der Waals surface area contributed by atoms with E-state index in [1.807, 2.05) is 25.2 Å². The molecule has 1 aliphatic carbocycles. The van der Waals surface area contributed by atoms with E-state index in [-0.39, 0.29) is 0 Å². The van der Waals surface area contributed by atoms with Crippen molar-refractivity contribution in [2.24, 2.45) is 5.41 Å². The van der Waals surface area contributed by atoms with E-state index in [1.54, 1.807) is 0 Å². The minimum Gasteiger partial charge on any atom is -0.390 e. The Kier molecular flexibility index (Phi) is 5.06. The van der Waals surface area contributed by atoms with Gasteiger partial charge >= 0.3 is 0 Å². The largest absolute Gasteiger partial charge is 0.390 e. The van der Waals surface area contributed by atoms with Crippen molar-refractivity contribution in [3.63, 3.8) is 0 Å². The fourth-order valence-electron chi connectivity index (χ4n) is 4.53. The molecule has 0 spiro atoms. The zero-order valence-corrected chi connectivity index (χ0v) is 18.0. The lowest BCUT2D eigenvalue weighted by molar-refractivity contribution is -0.00748. The van der Waals surface area contributed by atoms with Gasteiger partial charge in [-0.1, -0.05) is 13.8 Å². The number of hydrogen-bond donors (Lipinski definition) is 1. The number of aromatic nitrogens is 2. The molecule has 0 aromatic carbocycles. The molecular weight excluding hydrogens is 354 g/mol. The summed E-state index contributed by atoms with van der Waals surface area (Å²) >= 11 is 1.88. The minimum absolute atomic E-state index is 0.502. The number of thiophene rings is 1. The van der Waals surface area contributed by atoms with Crippen molar-refractivity contribution in [1.29, 1.82) is 0 Å². The van der Waals surface area contributed by atoms with E-state index in [9.17, 15) is 5.11 Å². The van der Waals surface area contributed by atoms with Crippen molar-refractivity contribution in [2.45, 2.75) is 84.3 Å². The number of aliphatic hydroxyl groups is 1. The second kappa shape index (κ2) is 7.09. The Balaban J connectivity index is 1.56. The summed E-state index contributed by atoms with van der Waals surface area (Å²) in [7, 11) is 0. The molecule has 0 amide bonds. The summed E-state index contributed by atoms with van der Waals surface area (Å²) in [5.41, 5.74) is 1.17. The van der Waals surface area contributed by atoms with Crippen LogP contribution in [0.3, 0.4) is 0 Å². The van der Waals surface area contributed by atoms with Crippen molar-refractivity contribution in [1.82, 2.24) is 14.9 Å². The van der Waals surface area contributed by atoms with Crippen LogP contribution in [0.4, 0.5) is 0 Å². The molecule has 2 aromatic heterocycles. The average molecular weight is 388 g/mol. The maximum absolute atomic E-state index is 10.2. The molecule has 4 rings (SSSR count). The lowest BCUT2D eigenvalue weighted by Gasteiger charge is -2.35. The summed E-state index contributed by atoms with van der Waals surface area (Å²) in [6.45, 7) is 11.5. The maximum atomic E-state index is 10.2. The van der Waals surface area contributed by atoms with Crippen LogP contribution in [0.15, 0.2) is 6.07 Å². The van der Waals surface area contributed by atoms with Gasteiger partial charge < -0.3 is 5.11 Å². The van der Waals surface area contributed by atoms with Crippen molar-refractivity contribution >= 4 is 21.6 Å². The molecule has 1 N–H and O–H groups in total. The molecule has 3 heterocycles. The van der Waals surface area contributed by atoms with E-state index >= 15 is 0 Å². The summed E-state index contributed by atoms with van der Waals surface area (Å²) in [5, 5.41) is 11.5. The van der Waals surface area contributed by atoms with Crippen molar-refractivity contribution in [3.8, 4) is 0 Å². The van der Waals surface area contributed by atoms with Gasteiger partial charge in [0.1, 0.15) is 10.7 Å². The molecule has 0 radical (unpaired) electrons. The van der Waals surface area contributed by atoms with Gasteiger partial charge in [-0.25, -0.2) is 9.97 Å². The summed E-state index contributed by atoms with van der Waals surface area (Å²) in [4.78, 5) is 14.6. The molecular formula is C22H33N3OS. The first-order valence-electron chi connectivity index (χ1n) is 10.4. The number of rotatable bonds is 3. The number of likely N-dealkylation sites (tertiary alicyclic amines) is 1. The number of nitrogens with zero attached hydrogens (tertiary/aromatic N) is 3. The molecule has 1 aliphatic heterocycles. The lowest BCUT2D eigenvalue weighted by atomic mass is 9.73. The van der Waals surface area contributed by atoms with E-state index in [2.05, 4.69) is 24.8 Å². The third-order valence-corrected chi connectivity index (χ3v) is 7.84. The fraction of sp³-hybridized carbons (Fsp3) is 0.727. The van der Waals surface area contributed by atoms with Crippen LogP contribution in [0, 0.1) is 12.3 Å². The standard InChI is InChI=1S/C22H33N3OS/c1-15-23-18(14-25-11-9-22(4,26)10-12-25)17-13-19(27-20(17)24-15)16-5-7-21(2,3)8-6-16/h13,16,26H,5-12,14H2,1-4H3. The van der Waals surface area contributed by atoms with Gasteiger partial charge in [0.2, 0.25) is 0 Å². The molecule has 2 aromatic rings. The highest BCUT2D eigenvalue weighted by molar-refractivity contribution is 7.18. The van der Waals surface area contributed by atoms with Crippen LogP contribution in [0.25, 0.3) is 10.2 Å². The van der Waals surface area contributed by atoms with Gasteiger partial charge in [0.15, 0.2) is 0 Å². The summed E-state index contributed by atoms with van der Waals surface area (Å²) in [5.74, 6) is 1.56. The third kappa shape index (κ3) is 4.36. The van der Waals surface area contributed by atoms with Crippen LogP contribution >= 0.6 is 11.3 Å². The van der Waals surface area contributed by atoms with E-state index in [4.69, 9.17) is 9.97 Å². The number of fused-ring (bicyclic) bond motifs is 1. The maximum Gasteiger partial charge on any atom is 0.127 e. The zero-order chi connectivity index (χ0) is 19.2. The second-order valence-corrected chi connectivity index (χ2v) is 10.9. The van der Waals surface area contributed by atoms with Gasteiger partial charge in [-0.05, 0) is 69.8 Å². The molecule has 148 valence electrons. The Labute approximate surface area is 167 Å². The highest BCUT2D eigenvalue weighted by atomic mass is 32.1. The lowest BCUT2D eigenvalue weighted by Crippen LogP contribution is -2.42. The molecule has 2 fully saturated rings. The van der Waals surface area contributed by atoms with Gasteiger partial charge in [0.25, 0.3) is 0 Å². The highest BCUT2D eigenvalue weighted by Gasteiger charge is 2.30. The second-order valence-electron chi connectivity index (χ2n) is 9.80.